The number of piperazine rings is 1. The van der Waals surface area contributed by atoms with E-state index >= 15 is 0 Å². The fourth-order valence-corrected chi connectivity index (χ4v) is 5.33. The van der Waals surface area contributed by atoms with Gasteiger partial charge in [-0.25, -0.2) is 4.79 Å². The maximum atomic E-state index is 12.8. The highest BCUT2D eigenvalue weighted by Crippen LogP contribution is 2.27. The molecule has 1 fully saturated rings. The number of aryl methyl sites for hydroxylation is 1. The van der Waals surface area contributed by atoms with Crippen LogP contribution >= 0.6 is 11.3 Å². The molecule has 5 rings (SSSR count). The standard InChI is InChI=1S/C29H30N6O2S/c1-21-11-18-38-28(21)37-29(36)31-27-19-22(20-35-16-14-34(15-17-35)13-4-12-30)7-8-23(27)9-10-26-24-5-2-3-6-25(24)32-33-26/h2-3,5-11,18-19H,4,13-17,20H2,1H3,(H,31,36)(H,32,33)/b10-9+. The van der Waals surface area contributed by atoms with Gasteiger partial charge in [-0.2, -0.15) is 10.4 Å². The van der Waals surface area contributed by atoms with Crippen molar-refractivity contribution in [2.45, 2.75) is 19.9 Å². The van der Waals surface area contributed by atoms with E-state index in [4.69, 9.17) is 10.00 Å². The zero-order chi connectivity index (χ0) is 26.3. The zero-order valence-electron chi connectivity index (χ0n) is 21.3. The van der Waals surface area contributed by atoms with Crippen molar-refractivity contribution in [1.29, 1.82) is 5.26 Å². The van der Waals surface area contributed by atoms with Crippen molar-refractivity contribution >= 4 is 46.2 Å². The second-order valence-corrected chi connectivity index (χ2v) is 10.2. The van der Waals surface area contributed by atoms with Crippen LogP contribution in [0.1, 0.15) is 28.8 Å². The number of fused-ring (bicyclic) bond motifs is 1. The fourth-order valence-electron chi connectivity index (χ4n) is 4.56. The minimum atomic E-state index is -0.515. The number of thiophene rings is 1. The molecule has 2 N–H and O–H groups in total. The van der Waals surface area contributed by atoms with Crippen molar-refractivity contribution in [3.05, 3.63) is 76.3 Å². The lowest BCUT2D eigenvalue weighted by atomic mass is 10.1. The first kappa shape index (κ1) is 25.7. The molecule has 1 saturated heterocycles. The number of aromatic amines is 1. The third kappa shape index (κ3) is 6.29. The summed E-state index contributed by atoms with van der Waals surface area (Å²) in [5.41, 5.74) is 5.40. The lowest BCUT2D eigenvalue weighted by Crippen LogP contribution is -2.46. The molecule has 8 nitrogen and oxygen atoms in total. The topological polar surface area (TPSA) is 97.3 Å². The predicted octanol–water partition coefficient (Wildman–Crippen LogP) is 5.75. The van der Waals surface area contributed by atoms with Gasteiger partial charge < -0.3 is 4.74 Å². The average molecular weight is 527 g/mol. The lowest BCUT2D eigenvalue weighted by Gasteiger charge is -2.34. The van der Waals surface area contributed by atoms with E-state index in [0.717, 1.165) is 72.6 Å². The molecule has 9 heteroatoms. The minimum absolute atomic E-state index is 0.515. The van der Waals surface area contributed by atoms with Crippen molar-refractivity contribution < 1.29 is 9.53 Å². The number of anilines is 1. The van der Waals surface area contributed by atoms with Gasteiger partial charge in [0.1, 0.15) is 0 Å². The third-order valence-electron chi connectivity index (χ3n) is 6.69. The summed E-state index contributed by atoms with van der Waals surface area (Å²) >= 11 is 1.40. The Labute approximate surface area is 226 Å². The molecule has 1 amide bonds. The number of carbonyl (C=O) groups excluding carboxylic acids is 1. The van der Waals surface area contributed by atoms with Gasteiger partial charge in [-0.3, -0.25) is 20.2 Å². The van der Waals surface area contributed by atoms with Gasteiger partial charge in [0.15, 0.2) is 5.06 Å². The predicted molar refractivity (Wildman–Crippen MR) is 152 cm³/mol. The Morgan fingerprint density at radius 2 is 1.97 bits per heavy atom. The smallest absolute Gasteiger partial charge is 0.399 e. The molecule has 0 unspecified atom stereocenters. The van der Waals surface area contributed by atoms with Crippen LogP contribution in [0.4, 0.5) is 10.5 Å². The van der Waals surface area contributed by atoms with E-state index in [-0.39, 0.29) is 0 Å². The molecule has 0 radical (unpaired) electrons. The fraction of sp³-hybridized carbons (Fsp3) is 0.276. The van der Waals surface area contributed by atoms with Gasteiger partial charge >= 0.3 is 6.09 Å². The number of hydrogen-bond acceptors (Lipinski definition) is 7. The maximum absolute atomic E-state index is 12.8. The monoisotopic (exact) mass is 526 g/mol. The Kier molecular flexibility index (Phi) is 8.14. The Hall–Kier alpha value is -3.97. The van der Waals surface area contributed by atoms with Gasteiger partial charge in [0.25, 0.3) is 0 Å². The number of para-hydroxylation sites is 1. The first-order valence-electron chi connectivity index (χ1n) is 12.7. The number of nitrogens with zero attached hydrogens (tertiary/aromatic N) is 4. The van der Waals surface area contributed by atoms with Gasteiger partial charge in [-0.1, -0.05) is 36.4 Å². The normalized spacial score (nSPS) is 14.6. The van der Waals surface area contributed by atoms with Crippen molar-refractivity contribution in [1.82, 2.24) is 20.0 Å². The molecular formula is C29H30N6O2S. The van der Waals surface area contributed by atoms with E-state index < -0.39 is 6.09 Å². The molecule has 2 aromatic heterocycles. The number of nitriles is 1. The molecule has 194 valence electrons. The number of H-pyrrole nitrogens is 1. The molecule has 2 aromatic carbocycles. The first-order chi connectivity index (χ1) is 18.6. The minimum Gasteiger partial charge on any atom is -0.399 e. The third-order valence-corrected chi connectivity index (χ3v) is 7.58. The van der Waals surface area contributed by atoms with Crippen LogP contribution in [0.5, 0.6) is 5.06 Å². The second kappa shape index (κ2) is 12.0. The van der Waals surface area contributed by atoms with E-state index in [1.54, 1.807) is 0 Å². The summed E-state index contributed by atoms with van der Waals surface area (Å²) in [5, 5.41) is 22.8. The van der Waals surface area contributed by atoms with Gasteiger partial charge in [-0.05, 0) is 47.7 Å². The highest BCUT2D eigenvalue weighted by Gasteiger charge is 2.18. The van der Waals surface area contributed by atoms with Crippen LogP contribution in [-0.4, -0.2) is 58.8 Å². The Bertz CT molecular complexity index is 1480. The molecular weight excluding hydrogens is 496 g/mol. The van der Waals surface area contributed by atoms with Crippen LogP contribution < -0.4 is 10.1 Å². The van der Waals surface area contributed by atoms with E-state index in [0.29, 0.717) is 17.2 Å². The van der Waals surface area contributed by atoms with Gasteiger partial charge in [0.05, 0.1) is 23.0 Å². The van der Waals surface area contributed by atoms with Crippen LogP contribution in [-0.2, 0) is 6.54 Å². The summed E-state index contributed by atoms with van der Waals surface area (Å²) in [6.45, 7) is 7.34. The number of ether oxygens (including phenoxy) is 1. The molecule has 0 bridgehead atoms. The highest BCUT2D eigenvalue weighted by atomic mass is 32.1. The molecule has 1 aliphatic heterocycles. The summed E-state index contributed by atoms with van der Waals surface area (Å²) in [7, 11) is 0. The summed E-state index contributed by atoms with van der Waals surface area (Å²) in [4.78, 5) is 17.5. The first-order valence-corrected chi connectivity index (χ1v) is 13.6. The number of benzene rings is 2. The molecule has 1 aliphatic rings. The summed E-state index contributed by atoms with van der Waals surface area (Å²) in [6, 6.07) is 18.3. The number of hydrogen-bond donors (Lipinski definition) is 2. The second-order valence-electron chi connectivity index (χ2n) is 9.34. The SMILES string of the molecule is Cc1ccsc1OC(=O)Nc1cc(CN2CCN(CCC#N)CC2)ccc1/C=C/c1n[nH]c2ccccc12. The molecule has 0 saturated carbocycles. The Balaban J connectivity index is 1.34. The van der Waals surface area contributed by atoms with Crippen molar-refractivity contribution in [3.8, 4) is 11.1 Å². The average Bonchev–Trinajstić information content (AvgIpc) is 3.53. The van der Waals surface area contributed by atoms with Crippen LogP contribution in [0.3, 0.4) is 0 Å². The van der Waals surface area contributed by atoms with E-state index in [2.05, 4.69) is 37.4 Å². The van der Waals surface area contributed by atoms with Crippen LogP contribution in [0, 0.1) is 18.3 Å². The number of nitrogens with one attached hydrogen (secondary N) is 2. The molecule has 3 heterocycles. The summed E-state index contributed by atoms with van der Waals surface area (Å²) < 4.78 is 5.57. The van der Waals surface area contributed by atoms with Crippen LogP contribution in [0.2, 0.25) is 0 Å². The molecule has 38 heavy (non-hydrogen) atoms. The van der Waals surface area contributed by atoms with E-state index in [1.165, 1.54) is 11.3 Å². The molecule has 4 aromatic rings. The molecule has 0 aliphatic carbocycles. The number of rotatable bonds is 8. The maximum Gasteiger partial charge on any atom is 0.417 e. The molecule has 0 atom stereocenters. The van der Waals surface area contributed by atoms with E-state index in [9.17, 15) is 4.79 Å². The number of amides is 1. The van der Waals surface area contributed by atoms with Gasteiger partial charge in [-0.15, -0.1) is 11.3 Å². The lowest BCUT2D eigenvalue weighted by molar-refractivity contribution is 0.129. The van der Waals surface area contributed by atoms with Crippen molar-refractivity contribution in [2.75, 3.05) is 38.0 Å². The molecule has 0 spiro atoms. The van der Waals surface area contributed by atoms with Crippen molar-refractivity contribution in [2.24, 2.45) is 0 Å². The number of carbonyl (C=O) groups is 1. The largest absolute Gasteiger partial charge is 0.417 e. The van der Waals surface area contributed by atoms with Crippen LogP contribution in [0.15, 0.2) is 53.9 Å². The highest BCUT2D eigenvalue weighted by molar-refractivity contribution is 7.12. The van der Waals surface area contributed by atoms with Gasteiger partial charge in [0.2, 0.25) is 0 Å². The van der Waals surface area contributed by atoms with E-state index in [1.807, 2.05) is 66.9 Å². The van der Waals surface area contributed by atoms with Crippen LogP contribution in [0.25, 0.3) is 23.1 Å². The Morgan fingerprint density at radius 3 is 2.76 bits per heavy atom. The summed E-state index contributed by atoms with van der Waals surface area (Å²) in [6.07, 6.45) is 3.97. The van der Waals surface area contributed by atoms with Crippen molar-refractivity contribution in [3.63, 3.8) is 0 Å². The number of aromatic nitrogens is 2. The van der Waals surface area contributed by atoms with Gasteiger partial charge in [0, 0.05) is 56.6 Å². The summed E-state index contributed by atoms with van der Waals surface area (Å²) in [5.74, 6) is 0. The quantitative estimate of drug-likeness (QED) is 0.304. The Morgan fingerprint density at radius 1 is 1.16 bits per heavy atom. The zero-order valence-corrected chi connectivity index (χ0v) is 22.1.